The second kappa shape index (κ2) is 8.98. The van der Waals surface area contributed by atoms with Gasteiger partial charge in [0.25, 0.3) is 0 Å². The van der Waals surface area contributed by atoms with Crippen molar-refractivity contribution in [2.75, 3.05) is 0 Å². The van der Waals surface area contributed by atoms with E-state index in [0.29, 0.717) is 37.5 Å². The van der Waals surface area contributed by atoms with E-state index in [1.807, 2.05) is 0 Å². The Bertz CT molecular complexity index is 300. The fourth-order valence-electron chi connectivity index (χ4n) is 2.77. The lowest BCUT2D eigenvalue weighted by atomic mass is 9.70. The second-order valence-electron chi connectivity index (χ2n) is 6.27. The van der Waals surface area contributed by atoms with Crippen molar-refractivity contribution < 1.29 is 19.8 Å². The molecule has 20 heavy (non-hydrogen) atoms. The summed E-state index contributed by atoms with van der Waals surface area (Å²) in [4.78, 5) is 22.5. The molecule has 0 aliphatic heterocycles. The summed E-state index contributed by atoms with van der Waals surface area (Å²) in [5, 5.41) is 18.5. The summed E-state index contributed by atoms with van der Waals surface area (Å²) in [5.41, 5.74) is -0.764. The van der Waals surface area contributed by atoms with Crippen LogP contribution in [0.15, 0.2) is 0 Å². The largest absolute Gasteiger partial charge is 0.481 e. The maximum Gasteiger partial charge on any atom is 0.309 e. The van der Waals surface area contributed by atoms with Gasteiger partial charge < -0.3 is 10.2 Å². The van der Waals surface area contributed by atoms with Gasteiger partial charge in [0, 0.05) is 6.42 Å². The van der Waals surface area contributed by atoms with Crippen LogP contribution in [0.5, 0.6) is 0 Å². The molecule has 4 heteroatoms. The smallest absolute Gasteiger partial charge is 0.309 e. The topological polar surface area (TPSA) is 74.6 Å². The molecule has 0 fully saturated rings. The monoisotopic (exact) mass is 286 g/mol. The normalized spacial score (nSPS) is 17.2. The van der Waals surface area contributed by atoms with E-state index in [1.165, 1.54) is 0 Å². The van der Waals surface area contributed by atoms with Crippen LogP contribution < -0.4 is 0 Å². The zero-order valence-corrected chi connectivity index (χ0v) is 13.3. The predicted molar refractivity (Wildman–Crippen MR) is 79.7 cm³/mol. The molecule has 4 nitrogen and oxygen atoms in total. The molecule has 0 aromatic heterocycles. The first kappa shape index (κ1) is 18.9. The number of hydrogen-bond acceptors (Lipinski definition) is 2. The minimum atomic E-state index is -0.851. The number of rotatable bonds is 11. The summed E-state index contributed by atoms with van der Waals surface area (Å²) in [6.45, 7) is 8.28. The third kappa shape index (κ3) is 6.40. The fraction of sp³-hybridized carbons (Fsp3) is 0.875. The summed E-state index contributed by atoms with van der Waals surface area (Å²) in [6.07, 6.45) is 4.14. The van der Waals surface area contributed by atoms with E-state index >= 15 is 0 Å². The Labute approximate surface area is 122 Å². The van der Waals surface area contributed by atoms with Gasteiger partial charge in [-0.2, -0.15) is 0 Å². The maximum absolute atomic E-state index is 11.9. The Hall–Kier alpha value is -1.06. The molecule has 0 aromatic rings. The van der Waals surface area contributed by atoms with Gasteiger partial charge in [-0.05, 0) is 37.5 Å². The highest BCUT2D eigenvalue weighted by atomic mass is 16.4. The van der Waals surface area contributed by atoms with Crippen molar-refractivity contribution in [1.29, 1.82) is 0 Å². The van der Waals surface area contributed by atoms with Crippen LogP contribution in [-0.4, -0.2) is 22.2 Å². The molecule has 0 rings (SSSR count). The standard InChI is InChI=1S/C16H30O4/c1-5-12(3)10-16(15(19)20,11-13(4)6-2)9-7-8-14(17)18/h12-13H,5-11H2,1-4H3,(H,17,18)(H,19,20). The average molecular weight is 286 g/mol. The Balaban J connectivity index is 5.00. The van der Waals surface area contributed by atoms with Gasteiger partial charge >= 0.3 is 11.9 Å². The van der Waals surface area contributed by atoms with E-state index in [2.05, 4.69) is 27.7 Å². The van der Waals surface area contributed by atoms with Gasteiger partial charge in [-0.1, -0.05) is 40.5 Å². The molecular formula is C16H30O4. The van der Waals surface area contributed by atoms with Crippen molar-refractivity contribution >= 4 is 11.9 Å². The molecule has 2 atom stereocenters. The fourth-order valence-corrected chi connectivity index (χ4v) is 2.77. The molecule has 0 bridgehead atoms. The van der Waals surface area contributed by atoms with Gasteiger partial charge in [0.15, 0.2) is 0 Å². The quantitative estimate of drug-likeness (QED) is 0.597. The van der Waals surface area contributed by atoms with Crippen LogP contribution in [0.3, 0.4) is 0 Å². The van der Waals surface area contributed by atoms with Gasteiger partial charge in [-0.15, -0.1) is 0 Å². The molecule has 0 aromatic carbocycles. The van der Waals surface area contributed by atoms with Crippen molar-refractivity contribution in [3.63, 3.8) is 0 Å². The van der Waals surface area contributed by atoms with E-state index in [-0.39, 0.29) is 6.42 Å². The first-order chi connectivity index (χ1) is 9.27. The lowest BCUT2D eigenvalue weighted by Crippen LogP contribution is -2.35. The zero-order chi connectivity index (χ0) is 15.8. The van der Waals surface area contributed by atoms with E-state index in [1.54, 1.807) is 0 Å². The molecule has 0 heterocycles. The predicted octanol–water partition coefficient (Wildman–Crippen LogP) is 4.18. The Morgan fingerprint density at radius 1 is 1.00 bits per heavy atom. The van der Waals surface area contributed by atoms with Crippen LogP contribution in [0, 0.1) is 17.3 Å². The number of hydrogen-bond donors (Lipinski definition) is 2. The molecule has 0 aliphatic rings. The van der Waals surface area contributed by atoms with Gasteiger partial charge in [0.05, 0.1) is 5.41 Å². The number of aliphatic carboxylic acids is 2. The molecule has 118 valence electrons. The third-order valence-corrected chi connectivity index (χ3v) is 4.37. The molecular weight excluding hydrogens is 256 g/mol. The third-order valence-electron chi connectivity index (χ3n) is 4.37. The second-order valence-corrected chi connectivity index (χ2v) is 6.27. The van der Waals surface area contributed by atoms with Gasteiger partial charge in [0.1, 0.15) is 0 Å². The molecule has 0 aliphatic carbocycles. The molecule has 0 radical (unpaired) electrons. The van der Waals surface area contributed by atoms with E-state index < -0.39 is 17.4 Å². The van der Waals surface area contributed by atoms with Crippen LogP contribution >= 0.6 is 0 Å². The molecule has 0 saturated heterocycles. The van der Waals surface area contributed by atoms with E-state index in [4.69, 9.17) is 5.11 Å². The summed E-state index contributed by atoms with van der Waals surface area (Å²) in [7, 11) is 0. The minimum Gasteiger partial charge on any atom is -0.481 e. The van der Waals surface area contributed by atoms with Crippen LogP contribution in [0.25, 0.3) is 0 Å². The minimum absolute atomic E-state index is 0.0516. The lowest BCUT2D eigenvalue weighted by Gasteiger charge is -2.34. The Kier molecular flexibility index (Phi) is 8.51. The summed E-state index contributed by atoms with van der Waals surface area (Å²) < 4.78 is 0. The van der Waals surface area contributed by atoms with Gasteiger partial charge in [0.2, 0.25) is 0 Å². The van der Waals surface area contributed by atoms with Crippen LogP contribution in [0.4, 0.5) is 0 Å². The zero-order valence-electron chi connectivity index (χ0n) is 13.3. The summed E-state index contributed by atoms with van der Waals surface area (Å²) in [5.74, 6) is -0.917. The van der Waals surface area contributed by atoms with Crippen LogP contribution in [-0.2, 0) is 9.59 Å². The van der Waals surface area contributed by atoms with Crippen molar-refractivity contribution in [1.82, 2.24) is 0 Å². The van der Waals surface area contributed by atoms with Crippen molar-refractivity contribution in [3.05, 3.63) is 0 Å². The van der Waals surface area contributed by atoms with Crippen molar-refractivity contribution in [3.8, 4) is 0 Å². The van der Waals surface area contributed by atoms with Crippen LogP contribution in [0.2, 0.25) is 0 Å². The molecule has 2 unspecified atom stereocenters. The number of carboxylic acids is 2. The molecule has 0 amide bonds. The van der Waals surface area contributed by atoms with E-state index in [0.717, 1.165) is 12.8 Å². The molecule has 2 N–H and O–H groups in total. The lowest BCUT2D eigenvalue weighted by molar-refractivity contribution is -0.152. The first-order valence-electron chi connectivity index (χ1n) is 7.72. The summed E-state index contributed by atoms with van der Waals surface area (Å²) >= 11 is 0. The SMILES string of the molecule is CCC(C)CC(CCCC(=O)O)(CC(C)CC)C(=O)O. The number of carbonyl (C=O) groups is 2. The molecule has 0 saturated carbocycles. The highest BCUT2D eigenvalue weighted by Gasteiger charge is 2.39. The molecule has 0 spiro atoms. The average Bonchev–Trinajstić information content (AvgIpc) is 2.37. The first-order valence-corrected chi connectivity index (χ1v) is 7.72. The van der Waals surface area contributed by atoms with Crippen LogP contribution in [0.1, 0.15) is 72.6 Å². The van der Waals surface area contributed by atoms with Gasteiger partial charge in [-0.25, -0.2) is 0 Å². The Morgan fingerprint density at radius 3 is 1.75 bits per heavy atom. The van der Waals surface area contributed by atoms with Gasteiger partial charge in [-0.3, -0.25) is 9.59 Å². The Morgan fingerprint density at radius 2 is 1.45 bits per heavy atom. The summed E-state index contributed by atoms with van der Waals surface area (Å²) in [6, 6.07) is 0. The highest BCUT2D eigenvalue weighted by Crippen LogP contribution is 2.40. The number of carboxylic acid groups (broad SMARTS) is 2. The van der Waals surface area contributed by atoms with Crippen molar-refractivity contribution in [2.24, 2.45) is 17.3 Å². The maximum atomic E-state index is 11.9. The van der Waals surface area contributed by atoms with Crippen molar-refractivity contribution in [2.45, 2.75) is 72.6 Å². The highest BCUT2D eigenvalue weighted by molar-refractivity contribution is 5.74. The van der Waals surface area contributed by atoms with E-state index in [9.17, 15) is 14.7 Å².